The van der Waals surface area contributed by atoms with E-state index in [0.29, 0.717) is 0 Å². The smallest absolute Gasteiger partial charge is 0.258 e. The summed E-state index contributed by atoms with van der Waals surface area (Å²) in [5.41, 5.74) is 3.95. The molecule has 0 aliphatic rings. The third-order valence-corrected chi connectivity index (χ3v) is 6.41. The summed E-state index contributed by atoms with van der Waals surface area (Å²) in [5, 5.41) is 12.7. The zero-order chi connectivity index (χ0) is 18.4. The highest BCUT2D eigenvalue weighted by molar-refractivity contribution is 7.22. The molecule has 0 atom stereocenters. The molecule has 0 spiro atoms. The van der Waals surface area contributed by atoms with Gasteiger partial charge in [-0.15, -0.1) is 22.7 Å². The van der Waals surface area contributed by atoms with Crippen molar-refractivity contribution in [1.29, 1.82) is 0 Å². The van der Waals surface area contributed by atoms with Gasteiger partial charge < -0.3 is 0 Å². The molecule has 2 heterocycles. The van der Waals surface area contributed by atoms with Gasteiger partial charge in [0.05, 0.1) is 25.4 Å². The lowest BCUT2D eigenvalue weighted by atomic mass is 10.2. The summed E-state index contributed by atoms with van der Waals surface area (Å²) in [6.07, 6.45) is 0. The zero-order valence-corrected chi connectivity index (χ0v) is 15.5. The van der Waals surface area contributed by atoms with E-state index in [9.17, 15) is 10.1 Å². The molecule has 0 aliphatic carbocycles. The lowest BCUT2D eigenvalue weighted by Gasteiger charge is -1.95. The number of nitro groups is 1. The van der Waals surface area contributed by atoms with Crippen LogP contribution in [0.5, 0.6) is 0 Å². The Kier molecular flexibility index (Phi) is 3.70. The fourth-order valence-electron chi connectivity index (χ4n) is 2.90. The number of hydrogen-bond acceptors (Lipinski definition) is 6. The van der Waals surface area contributed by atoms with Gasteiger partial charge in [0.15, 0.2) is 0 Å². The molecule has 0 saturated carbocycles. The van der Waals surface area contributed by atoms with Crippen molar-refractivity contribution >= 4 is 48.8 Å². The minimum Gasteiger partial charge on any atom is -0.258 e. The third kappa shape index (κ3) is 2.87. The van der Waals surface area contributed by atoms with Gasteiger partial charge in [-0.25, -0.2) is 9.97 Å². The van der Waals surface area contributed by atoms with Crippen LogP contribution in [0.15, 0.2) is 66.7 Å². The molecule has 0 radical (unpaired) electrons. The molecule has 2 aromatic heterocycles. The normalized spacial score (nSPS) is 11.3. The van der Waals surface area contributed by atoms with Crippen LogP contribution >= 0.6 is 22.7 Å². The molecule has 5 aromatic rings. The second-order valence-corrected chi connectivity index (χ2v) is 8.05. The first kappa shape index (κ1) is 16.0. The van der Waals surface area contributed by atoms with Gasteiger partial charge >= 0.3 is 0 Å². The molecule has 0 aliphatic heterocycles. The van der Waals surface area contributed by atoms with Gasteiger partial charge in [-0.2, -0.15) is 0 Å². The number of para-hydroxylation sites is 1. The minimum absolute atomic E-state index is 0.0815. The van der Waals surface area contributed by atoms with Gasteiger partial charge in [-0.1, -0.05) is 12.1 Å². The van der Waals surface area contributed by atoms with Crippen LogP contribution in [0, 0.1) is 10.1 Å². The molecule has 0 N–H and O–H groups in total. The Hall–Kier alpha value is -3.16. The van der Waals surface area contributed by atoms with Crippen LogP contribution < -0.4 is 0 Å². The Morgan fingerprint density at radius 1 is 0.741 bits per heavy atom. The van der Waals surface area contributed by atoms with E-state index in [1.165, 1.54) is 16.8 Å². The van der Waals surface area contributed by atoms with Crippen molar-refractivity contribution in [3.8, 4) is 21.1 Å². The molecule has 0 fully saturated rings. The van der Waals surface area contributed by atoms with Crippen molar-refractivity contribution in [2.45, 2.75) is 0 Å². The van der Waals surface area contributed by atoms with Crippen molar-refractivity contribution in [1.82, 2.24) is 9.97 Å². The van der Waals surface area contributed by atoms with E-state index in [0.717, 1.165) is 36.9 Å². The highest BCUT2D eigenvalue weighted by Gasteiger charge is 2.12. The first-order chi connectivity index (χ1) is 13.2. The van der Waals surface area contributed by atoms with Crippen LogP contribution in [0.4, 0.5) is 5.69 Å². The van der Waals surface area contributed by atoms with Crippen LogP contribution in [-0.4, -0.2) is 14.9 Å². The van der Waals surface area contributed by atoms with E-state index in [-0.39, 0.29) is 5.69 Å². The van der Waals surface area contributed by atoms with Crippen LogP contribution in [0.2, 0.25) is 0 Å². The molecular weight excluding hydrogens is 378 g/mol. The van der Waals surface area contributed by atoms with E-state index in [1.807, 2.05) is 30.3 Å². The topological polar surface area (TPSA) is 68.9 Å². The molecule has 0 amide bonds. The Balaban J connectivity index is 1.55. The molecule has 0 unspecified atom stereocenters. The number of rotatable bonds is 3. The Morgan fingerprint density at radius 3 is 2.11 bits per heavy atom. The highest BCUT2D eigenvalue weighted by Crippen LogP contribution is 2.35. The molecule has 5 rings (SSSR count). The minimum atomic E-state index is -0.396. The average molecular weight is 389 g/mol. The Labute approximate surface area is 161 Å². The lowest BCUT2D eigenvalue weighted by Crippen LogP contribution is -1.86. The fourth-order valence-corrected chi connectivity index (χ4v) is 4.87. The highest BCUT2D eigenvalue weighted by atomic mass is 32.1. The number of benzene rings is 3. The second kappa shape index (κ2) is 6.22. The van der Waals surface area contributed by atoms with Crippen LogP contribution in [0.1, 0.15) is 0 Å². The largest absolute Gasteiger partial charge is 0.269 e. The maximum atomic E-state index is 10.8. The van der Waals surface area contributed by atoms with Crippen LogP contribution in [0.25, 0.3) is 41.6 Å². The van der Waals surface area contributed by atoms with Crippen LogP contribution in [-0.2, 0) is 0 Å². The van der Waals surface area contributed by atoms with Gasteiger partial charge in [0.1, 0.15) is 10.0 Å². The van der Waals surface area contributed by atoms with Gasteiger partial charge in [-0.05, 0) is 42.5 Å². The summed E-state index contributed by atoms with van der Waals surface area (Å²) in [7, 11) is 0. The molecule has 27 heavy (non-hydrogen) atoms. The average Bonchev–Trinajstić information content (AvgIpc) is 3.31. The Morgan fingerprint density at radius 2 is 1.37 bits per heavy atom. The van der Waals surface area contributed by atoms with Crippen molar-refractivity contribution < 1.29 is 4.92 Å². The summed E-state index contributed by atoms with van der Waals surface area (Å²) in [6.45, 7) is 0. The number of nitrogens with zero attached hydrogens (tertiary/aromatic N) is 3. The predicted molar refractivity (Wildman–Crippen MR) is 110 cm³/mol. The lowest BCUT2D eigenvalue weighted by molar-refractivity contribution is -0.384. The van der Waals surface area contributed by atoms with E-state index in [4.69, 9.17) is 4.98 Å². The van der Waals surface area contributed by atoms with E-state index >= 15 is 0 Å². The van der Waals surface area contributed by atoms with Crippen molar-refractivity contribution in [3.05, 3.63) is 76.8 Å². The van der Waals surface area contributed by atoms with E-state index in [1.54, 1.807) is 34.8 Å². The number of non-ortho nitro benzene ring substituents is 1. The first-order valence-electron chi connectivity index (χ1n) is 8.19. The summed E-state index contributed by atoms with van der Waals surface area (Å²) >= 11 is 3.25. The van der Waals surface area contributed by atoms with Crippen LogP contribution in [0.3, 0.4) is 0 Å². The Bertz CT molecular complexity index is 1270. The SMILES string of the molecule is O=[N+]([O-])c1ccc(-c2nc3ccc(-c4nc5ccccc5s4)cc3s2)cc1. The standard InChI is InChI=1S/C20H11N3O2S2/c24-23(25)14-8-5-12(6-9-14)19-22-16-10-7-13(11-18(16)27-19)20-21-15-3-1-2-4-17(15)26-20/h1-11H. The van der Waals surface area contributed by atoms with Gasteiger partial charge in [0.25, 0.3) is 5.69 Å². The van der Waals surface area contributed by atoms with Crippen molar-refractivity contribution in [3.63, 3.8) is 0 Å². The molecular formula is C20H11N3O2S2. The summed E-state index contributed by atoms with van der Waals surface area (Å²) in [4.78, 5) is 19.8. The number of nitro benzene ring substituents is 1. The van der Waals surface area contributed by atoms with Crippen molar-refractivity contribution in [2.24, 2.45) is 0 Å². The van der Waals surface area contributed by atoms with Crippen molar-refractivity contribution in [2.75, 3.05) is 0 Å². The zero-order valence-electron chi connectivity index (χ0n) is 13.8. The summed E-state index contributed by atoms with van der Waals surface area (Å²) < 4.78 is 2.24. The monoisotopic (exact) mass is 389 g/mol. The maximum Gasteiger partial charge on any atom is 0.269 e. The quantitative estimate of drug-likeness (QED) is 0.274. The van der Waals surface area contributed by atoms with Gasteiger partial charge in [0.2, 0.25) is 0 Å². The number of aromatic nitrogens is 2. The molecule has 0 saturated heterocycles. The molecule has 7 heteroatoms. The fraction of sp³-hybridized carbons (Fsp3) is 0. The third-order valence-electron chi connectivity index (χ3n) is 4.25. The second-order valence-electron chi connectivity index (χ2n) is 5.99. The first-order valence-corrected chi connectivity index (χ1v) is 9.82. The number of thiazole rings is 2. The van der Waals surface area contributed by atoms with Gasteiger partial charge in [-0.3, -0.25) is 10.1 Å². The molecule has 3 aromatic carbocycles. The number of fused-ring (bicyclic) bond motifs is 2. The summed E-state index contributed by atoms with van der Waals surface area (Å²) in [6, 6.07) is 20.8. The molecule has 5 nitrogen and oxygen atoms in total. The molecule has 130 valence electrons. The molecule has 0 bridgehead atoms. The van der Waals surface area contributed by atoms with E-state index < -0.39 is 4.92 Å². The maximum absolute atomic E-state index is 10.8. The summed E-state index contributed by atoms with van der Waals surface area (Å²) in [5.74, 6) is 0. The predicted octanol–water partition coefficient (Wildman–Crippen LogP) is 6.15. The van der Waals surface area contributed by atoms with E-state index in [2.05, 4.69) is 17.1 Å². The van der Waals surface area contributed by atoms with Gasteiger partial charge in [0, 0.05) is 23.3 Å². The number of hydrogen-bond donors (Lipinski definition) is 0.